The highest BCUT2D eigenvalue weighted by molar-refractivity contribution is 7.88. The molecule has 5 amide bonds. The number of likely N-dealkylation sites (tertiary alicyclic amines) is 1. The normalized spacial score (nSPS) is 22.4. The highest BCUT2D eigenvalue weighted by atomic mass is 32.2. The predicted octanol–water partition coefficient (Wildman–Crippen LogP) is 2.04. The second kappa shape index (κ2) is 15.0. The number of rotatable bonds is 15. The maximum atomic E-state index is 14.3. The number of sulfonamides is 1. The number of carbonyl (C=O) groups excluding carboxylic acids is 5. The maximum Gasteiger partial charge on any atom is 0.315 e. The molecule has 1 aliphatic carbocycles. The van der Waals surface area contributed by atoms with Gasteiger partial charge in [-0.05, 0) is 34.5 Å². The third-order valence-electron chi connectivity index (χ3n) is 9.62. The molecule has 1 saturated heterocycles. The van der Waals surface area contributed by atoms with Crippen molar-refractivity contribution in [2.75, 3.05) is 32.9 Å². The van der Waals surface area contributed by atoms with Gasteiger partial charge in [-0.3, -0.25) is 19.2 Å². The van der Waals surface area contributed by atoms with Crippen molar-refractivity contribution >= 4 is 39.6 Å². The molecule has 0 spiro atoms. The van der Waals surface area contributed by atoms with Gasteiger partial charge in [-0.15, -0.1) is 6.58 Å². The molecule has 1 aliphatic heterocycles. The summed E-state index contributed by atoms with van der Waals surface area (Å²) in [5.74, 6) is -2.61. The number of piperidine rings is 1. The molecule has 13 nitrogen and oxygen atoms in total. The number of likely N-dealkylation sites (N-methyl/N-ethyl adjacent to an activating group) is 1. The van der Waals surface area contributed by atoms with E-state index >= 15 is 0 Å². The smallest absolute Gasteiger partial charge is 0.315 e. The fourth-order valence-electron chi connectivity index (χ4n) is 6.23. The van der Waals surface area contributed by atoms with Crippen LogP contribution >= 0.6 is 0 Å². The molecular formula is C33H58N6O7S. The minimum absolute atomic E-state index is 0.0280. The lowest BCUT2D eigenvalue weighted by Crippen LogP contribution is -2.62. The van der Waals surface area contributed by atoms with E-state index in [1.807, 2.05) is 62.3 Å². The van der Waals surface area contributed by atoms with Gasteiger partial charge >= 0.3 is 6.03 Å². The molecule has 0 bridgehead atoms. The number of ketones is 1. The number of amides is 5. The van der Waals surface area contributed by atoms with Gasteiger partial charge in [-0.1, -0.05) is 81.2 Å². The minimum Gasteiger partial charge on any atom is -0.346 e. The Balaban J connectivity index is 2.34. The molecule has 1 heterocycles. The first kappa shape index (κ1) is 40.2. The second-order valence-electron chi connectivity index (χ2n) is 15.8. The first-order valence-corrected chi connectivity index (χ1v) is 18.3. The second-order valence-corrected chi connectivity index (χ2v) is 17.9. The van der Waals surface area contributed by atoms with Crippen LogP contribution in [0.2, 0.25) is 0 Å². The van der Waals surface area contributed by atoms with E-state index in [1.54, 1.807) is 0 Å². The Morgan fingerprint density at radius 1 is 1.02 bits per heavy atom. The molecule has 0 aromatic carbocycles. The Bertz CT molecular complexity index is 1320. The van der Waals surface area contributed by atoms with Gasteiger partial charge in [0.2, 0.25) is 27.6 Å². The van der Waals surface area contributed by atoms with Gasteiger partial charge in [-0.2, -0.15) is 0 Å². The van der Waals surface area contributed by atoms with Gasteiger partial charge < -0.3 is 26.2 Å². The molecule has 2 aliphatic rings. The van der Waals surface area contributed by atoms with E-state index in [0.717, 1.165) is 12.7 Å². The zero-order valence-corrected chi connectivity index (χ0v) is 31.0. The first-order chi connectivity index (χ1) is 21.4. The Labute approximate surface area is 281 Å². The fourth-order valence-corrected chi connectivity index (χ4v) is 6.65. The Kier molecular flexibility index (Phi) is 12.9. The summed E-state index contributed by atoms with van der Waals surface area (Å²) in [4.78, 5) is 68.8. The summed E-state index contributed by atoms with van der Waals surface area (Å²) < 4.78 is 25.3. The minimum atomic E-state index is -3.50. The average molecular weight is 683 g/mol. The van der Waals surface area contributed by atoms with Crippen molar-refractivity contribution in [2.45, 2.75) is 106 Å². The van der Waals surface area contributed by atoms with E-state index in [0.29, 0.717) is 13.0 Å². The molecule has 268 valence electrons. The molecular weight excluding hydrogens is 624 g/mol. The van der Waals surface area contributed by atoms with Gasteiger partial charge in [-0.25, -0.2) is 17.5 Å². The standard InChI is InChI=1S/C33H58N6O7S/c1-13-15-16-21(25(40)28(42)34-17-14-2)35-27(41)24-23-20(33(23,9)10)18-39(24)29(43)26(32(6,7)8)37-30(44)36-22(31(3,4)5)19-38(11)47(12,45)46/h14,20-24,26H,2,13,15-19H2,1,3-12H3,(H,34,42)(H,35,41)(H2,36,37,44)/t20-,21?,22+,23-,24-,26+/m0/s1. The number of nitrogens with zero attached hydrogens (tertiary/aromatic N) is 2. The number of nitrogens with one attached hydrogen (secondary N) is 4. The summed E-state index contributed by atoms with van der Waals surface area (Å²) in [6, 6.07) is -4.20. The van der Waals surface area contributed by atoms with Crippen molar-refractivity contribution < 1.29 is 32.4 Å². The van der Waals surface area contributed by atoms with Crippen LogP contribution in [0.15, 0.2) is 12.7 Å². The number of hydrogen-bond acceptors (Lipinski definition) is 7. The lowest BCUT2D eigenvalue weighted by atomic mass is 9.85. The molecule has 4 N–H and O–H groups in total. The van der Waals surface area contributed by atoms with Crippen LogP contribution in [-0.2, 0) is 29.2 Å². The van der Waals surface area contributed by atoms with E-state index in [-0.39, 0.29) is 36.8 Å². The van der Waals surface area contributed by atoms with Gasteiger partial charge in [0.25, 0.3) is 5.91 Å². The maximum absolute atomic E-state index is 14.3. The van der Waals surface area contributed by atoms with Crippen molar-refractivity contribution in [3.05, 3.63) is 12.7 Å². The van der Waals surface area contributed by atoms with Crippen LogP contribution in [0.4, 0.5) is 4.79 Å². The lowest BCUT2D eigenvalue weighted by molar-refractivity contribution is -0.145. The van der Waals surface area contributed by atoms with Crippen LogP contribution in [0.3, 0.4) is 0 Å². The van der Waals surface area contributed by atoms with E-state index in [1.165, 1.54) is 22.3 Å². The molecule has 0 aromatic heterocycles. The van der Waals surface area contributed by atoms with Gasteiger partial charge in [0.1, 0.15) is 12.1 Å². The molecule has 1 unspecified atom stereocenters. The van der Waals surface area contributed by atoms with Crippen molar-refractivity contribution in [3.63, 3.8) is 0 Å². The summed E-state index contributed by atoms with van der Waals surface area (Å²) in [5, 5.41) is 11.0. The van der Waals surface area contributed by atoms with E-state index in [4.69, 9.17) is 0 Å². The number of fused-ring (bicyclic) bond motifs is 1. The summed E-state index contributed by atoms with van der Waals surface area (Å²) in [6.45, 7) is 21.1. The Hall–Kier alpha value is -3.00. The van der Waals surface area contributed by atoms with Crippen molar-refractivity contribution in [1.29, 1.82) is 0 Å². The van der Waals surface area contributed by atoms with Crippen LogP contribution in [0.25, 0.3) is 0 Å². The van der Waals surface area contributed by atoms with Crippen molar-refractivity contribution in [2.24, 2.45) is 28.1 Å². The number of hydrogen-bond donors (Lipinski definition) is 4. The Morgan fingerprint density at radius 2 is 1.62 bits per heavy atom. The monoisotopic (exact) mass is 682 g/mol. The van der Waals surface area contributed by atoms with E-state index in [2.05, 4.69) is 27.8 Å². The number of Topliss-reactive ketones (excluding diaryl/α,β-unsaturated/α-hetero) is 1. The number of unbranched alkanes of at least 4 members (excludes halogenated alkanes) is 1. The predicted molar refractivity (Wildman–Crippen MR) is 182 cm³/mol. The molecule has 1 saturated carbocycles. The van der Waals surface area contributed by atoms with Crippen molar-refractivity contribution in [3.8, 4) is 0 Å². The van der Waals surface area contributed by atoms with Gasteiger partial charge in [0, 0.05) is 32.7 Å². The third kappa shape index (κ3) is 10.0. The van der Waals surface area contributed by atoms with Crippen LogP contribution in [-0.4, -0.2) is 104 Å². The third-order valence-corrected chi connectivity index (χ3v) is 10.9. The van der Waals surface area contributed by atoms with E-state index in [9.17, 15) is 32.4 Å². The molecule has 6 atom stereocenters. The average Bonchev–Trinajstić information content (AvgIpc) is 3.26. The highest BCUT2D eigenvalue weighted by Gasteiger charge is 2.70. The zero-order valence-electron chi connectivity index (χ0n) is 30.2. The SMILES string of the molecule is C=CCNC(=O)C(=O)C(CCCC)NC(=O)[C@@H]1[C@@H]2[C@H](CN1C(=O)[C@@H](NC(=O)N[C@H](CN(C)S(C)(=O)=O)C(C)(C)C)C(C)(C)C)C2(C)C. The van der Waals surface area contributed by atoms with Crippen molar-refractivity contribution in [1.82, 2.24) is 30.5 Å². The zero-order chi connectivity index (χ0) is 36.3. The lowest BCUT2D eigenvalue weighted by Gasteiger charge is -2.39. The van der Waals surface area contributed by atoms with E-state index < -0.39 is 74.6 Å². The molecule has 0 radical (unpaired) electrons. The largest absolute Gasteiger partial charge is 0.346 e. The first-order valence-electron chi connectivity index (χ1n) is 16.4. The molecule has 14 heteroatoms. The number of carbonyl (C=O) groups is 5. The summed E-state index contributed by atoms with van der Waals surface area (Å²) in [5.41, 5.74) is -1.49. The van der Waals surface area contributed by atoms with Gasteiger partial charge in [0.15, 0.2) is 0 Å². The van der Waals surface area contributed by atoms with Crippen LogP contribution in [0.1, 0.15) is 81.6 Å². The topological polar surface area (TPSA) is 174 Å². The summed E-state index contributed by atoms with van der Waals surface area (Å²) >= 11 is 0. The molecule has 2 fully saturated rings. The quantitative estimate of drug-likeness (QED) is 0.151. The van der Waals surface area contributed by atoms with Crippen LogP contribution < -0.4 is 21.3 Å². The van der Waals surface area contributed by atoms with Gasteiger partial charge in [0.05, 0.1) is 12.3 Å². The summed E-state index contributed by atoms with van der Waals surface area (Å²) in [7, 11) is -2.06. The van der Waals surface area contributed by atoms with Crippen LogP contribution in [0, 0.1) is 28.1 Å². The molecule has 0 aromatic rings. The van der Waals surface area contributed by atoms with Crippen LogP contribution in [0.5, 0.6) is 0 Å². The molecule has 2 rings (SSSR count). The molecule has 47 heavy (non-hydrogen) atoms. The number of urea groups is 1. The summed E-state index contributed by atoms with van der Waals surface area (Å²) in [6.07, 6.45) is 4.18. The highest BCUT2D eigenvalue weighted by Crippen LogP contribution is 2.65. The fraction of sp³-hybridized carbons (Fsp3) is 0.788. The Morgan fingerprint density at radius 3 is 2.11 bits per heavy atom.